The monoisotopic (exact) mass is 471 g/mol. The van der Waals surface area contributed by atoms with Crippen molar-refractivity contribution >= 4 is 18.2 Å². The maximum absolute atomic E-state index is 13.1. The van der Waals surface area contributed by atoms with Crippen LogP contribution in [-0.2, 0) is 32.2 Å². The van der Waals surface area contributed by atoms with Gasteiger partial charge in [0.1, 0.15) is 24.9 Å². The third kappa shape index (κ3) is 9.23. The van der Waals surface area contributed by atoms with E-state index in [4.69, 9.17) is 14.2 Å². The summed E-state index contributed by atoms with van der Waals surface area (Å²) < 4.78 is 16.2. The maximum Gasteiger partial charge on any atom is 0.420 e. The van der Waals surface area contributed by atoms with Crippen LogP contribution < -0.4 is 0 Å². The van der Waals surface area contributed by atoms with Gasteiger partial charge < -0.3 is 19.3 Å². The van der Waals surface area contributed by atoms with Gasteiger partial charge in [0.2, 0.25) is 0 Å². The molecule has 0 saturated carbocycles. The number of esters is 1. The summed E-state index contributed by atoms with van der Waals surface area (Å²) in [6, 6.07) is 16.8. The lowest BCUT2D eigenvalue weighted by molar-refractivity contribution is -0.151. The van der Waals surface area contributed by atoms with Gasteiger partial charge in [0.25, 0.3) is 0 Å². The van der Waals surface area contributed by atoms with Gasteiger partial charge in [0.05, 0.1) is 0 Å². The Bertz CT molecular complexity index is 910. The van der Waals surface area contributed by atoms with E-state index >= 15 is 0 Å². The summed E-state index contributed by atoms with van der Waals surface area (Å²) in [6.45, 7) is 4.79. The van der Waals surface area contributed by atoms with Crippen LogP contribution in [0.5, 0.6) is 0 Å². The molecule has 2 rings (SSSR count). The second kappa shape index (κ2) is 13.3. The molecule has 2 aromatic rings. The van der Waals surface area contributed by atoms with Gasteiger partial charge >= 0.3 is 18.2 Å². The first kappa shape index (κ1) is 26.9. The number of hydrogen-bond donors (Lipinski definition) is 1. The molecular formula is C26H33NO7. The molecule has 0 bridgehead atoms. The Balaban J connectivity index is 2.24. The molecule has 1 N–H and O–H groups in total. The predicted octanol–water partition coefficient (Wildman–Crippen LogP) is 4.83. The Morgan fingerprint density at radius 2 is 1.35 bits per heavy atom. The summed E-state index contributed by atoms with van der Waals surface area (Å²) in [5.41, 5.74) is 0.586. The molecule has 0 aliphatic carbocycles. The second-order valence-corrected chi connectivity index (χ2v) is 8.72. The van der Waals surface area contributed by atoms with Crippen molar-refractivity contribution in [2.24, 2.45) is 0 Å². The molecule has 0 saturated heterocycles. The van der Waals surface area contributed by atoms with Gasteiger partial charge in [-0.05, 0) is 51.2 Å². The van der Waals surface area contributed by atoms with Gasteiger partial charge in [-0.2, -0.15) is 4.90 Å². The van der Waals surface area contributed by atoms with Crippen molar-refractivity contribution in [2.45, 2.75) is 64.9 Å². The lowest BCUT2D eigenvalue weighted by Gasteiger charge is -2.30. The summed E-state index contributed by atoms with van der Waals surface area (Å²) >= 11 is 0. The molecular weight excluding hydrogens is 438 g/mol. The zero-order chi connectivity index (χ0) is 25.0. The zero-order valence-corrected chi connectivity index (χ0v) is 19.9. The van der Waals surface area contributed by atoms with E-state index in [0.29, 0.717) is 17.7 Å². The van der Waals surface area contributed by atoms with E-state index in [9.17, 15) is 19.5 Å². The number of ether oxygens (including phenoxy) is 3. The first-order chi connectivity index (χ1) is 16.2. The minimum absolute atomic E-state index is 0.0165. The van der Waals surface area contributed by atoms with Crippen molar-refractivity contribution in [3.05, 3.63) is 71.8 Å². The Morgan fingerprint density at radius 3 is 1.85 bits per heavy atom. The number of aliphatic hydroxyl groups excluding tert-OH is 1. The molecule has 8 nitrogen and oxygen atoms in total. The molecule has 0 fully saturated rings. The van der Waals surface area contributed by atoms with Crippen molar-refractivity contribution < 1.29 is 33.7 Å². The average Bonchev–Trinajstić information content (AvgIpc) is 2.80. The van der Waals surface area contributed by atoms with E-state index < -0.39 is 29.8 Å². The van der Waals surface area contributed by atoms with Crippen LogP contribution in [0.2, 0.25) is 0 Å². The molecule has 0 aliphatic rings. The molecule has 0 unspecified atom stereocenters. The number of aliphatic hydroxyl groups is 1. The molecule has 0 spiro atoms. The predicted molar refractivity (Wildman–Crippen MR) is 126 cm³/mol. The minimum atomic E-state index is -1.27. The summed E-state index contributed by atoms with van der Waals surface area (Å²) in [4.78, 5) is 39.8. The number of benzene rings is 2. The highest BCUT2D eigenvalue weighted by molar-refractivity contribution is 5.94. The molecule has 8 heteroatoms. The maximum atomic E-state index is 13.1. The Hall–Kier alpha value is -3.39. The largest absolute Gasteiger partial charge is 0.459 e. The lowest BCUT2D eigenvalue weighted by Crippen LogP contribution is -2.51. The zero-order valence-electron chi connectivity index (χ0n) is 19.9. The van der Waals surface area contributed by atoms with Crippen LogP contribution in [0, 0.1) is 0 Å². The van der Waals surface area contributed by atoms with Crippen molar-refractivity contribution in [1.82, 2.24) is 4.90 Å². The summed E-state index contributed by atoms with van der Waals surface area (Å²) in [5.74, 6) is -0.760. The smallest absolute Gasteiger partial charge is 0.420 e. The van der Waals surface area contributed by atoms with E-state index in [2.05, 4.69) is 0 Å². The number of hydrogen-bond acceptors (Lipinski definition) is 7. The molecule has 2 aromatic carbocycles. The van der Waals surface area contributed by atoms with Crippen LogP contribution in [0.15, 0.2) is 60.7 Å². The Labute approximate surface area is 200 Å². The van der Waals surface area contributed by atoms with E-state index in [0.717, 1.165) is 11.1 Å². The van der Waals surface area contributed by atoms with E-state index in [1.54, 1.807) is 57.2 Å². The standard InChI is InChI=1S/C26H33NO7/c1-26(2,3)34-25(31)27(24(30)33-19-21-14-8-5-9-15-21)22(16-10-11-17-28)23(29)32-18-20-12-6-4-7-13-20/h4-9,12-15,22,28H,10-11,16-19H2,1-3H3/t22-/m0/s1. The highest BCUT2D eigenvalue weighted by Gasteiger charge is 2.39. The molecule has 1 atom stereocenters. The first-order valence-electron chi connectivity index (χ1n) is 11.3. The highest BCUT2D eigenvalue weighted by Crippen LogP contribution is 2.19. The van der Waals surface area contributed by atoms with Gasteiger partial charge in [0, 0.05) is 6.61 Å². The molecule has 34 heavy (non-hydrogen) atoms. The van der Waals surface area contributed by atoms with E-state index in [1.165, 1.54) is 0 Å². The van der Waals surface area contributed by atoms with Crippen molar-refractivity contribution in [3.63, 3.8) is 0 Å². The van der Waals surface area contributed by atoms with E-state index in [-0.39, 0.29) is 26.2 Å². The number of amides is 2. The normalized spacial score (nSPS) is 11.9. The third-order valence-corrected chi connectivity index (χ3v) is 4.69. The van der Waals surface area contributed by atoms with Crippen LogP contribution in [-0.4, -0.2) is 46.4 Å². The van der Waals surface area contributed by atoms with Crippen LogP contribution in [0.25, 0.3) is 0 Å². The average molecular weight is 472 g/mol. The molecule has 0 radical (unpaired) electrons. The van der Waals surface area contributed by atoms with Crippen LogP contribution >= 0.6 is 0 Å². The van der Waals surface area contributed by atoms with E-state index in [1.807, 2.05) is 24.3 Å². The summed E-state index contributed by atoms with van der Waals surface area (Å²) in [5, 5.41) is 9.18. The number of carbonyl (C=O) groups excluding carboxylic acids is 3. The fourth-order valence-electron chi connectivity index (χ4n) is 3.06. The first-order valence-corrected chi connectivity index (χ1v) is 11.3. The summed E-state index contributed by atoms with van der Waals surface area (Å²) in [7, 11) is 0. The van der Waals surface area contributed by atoms with Gasteiger partial charge in [0.15, 0.2) is 0 Å². The molecule has 0 aromatic heterocycles. The number of rotatable bonds is 10. The Kier molecular flexibility index (Phi) is 10.5. The van der Waals surface area contributed by atoms with Crippen molar-refractivity contribution in [2.75, 3.05) is 6.61 Å². The van der Waals surface area contributed by atoms with Crippen LogP contribution in [0.4, 0.5) is 9.59 Å². The van der Waals surface area contributed by atoms with Gasteiger partial charge in [-0.1, -0.05) is 60.7 Å². The summed E-state index contributed by atoms with van der Waals surface area (Å²) in [6.07, 6.45) is -1.15. The Morgan fingerprint density at radius 1 is 0.824 bits per heavy atom. The van der Waals surface area contributed by atoms with Crippen molar-refractivity contribution in [1.29, 1.82) is 0 Å². The number of unbranched alkanes of at least 4 members (excludes halogenated alkanes) is 1. The topological polar surface area (TPSA) is 102 Å². The van der Waals surface area contributed by atoms with Gasteiger partial charge in [-0.25, -0.2) is 14.4 Å². The lowest BCUT2D eigenvalue weighted by atomic mass is 10.1. The fourth-order valence-corrected chi connectivity index (χ4v) is 3.06. The molecule has 0 heterocycles. The van der Waals surface area contributed by atoms with Crippen molar-refractivity contribution in [3.8, 4) is 0 Å². The quantitative estimate of drug-likeness (QED) is 0.301. The number of nitrogens with zero attached hydrogens (tertiary/aromatic N) is 1. The fraction of sp³-hybridized carbons (Fsp3) is 0.423. The highest BCUT2D eigenvalue weighted by atomic mass is 16.6. The van der Waals surface area contributed by atoms with Gasteiger partial charge in [-0.3, -0.25) is 0 Å². The molecule has 184 valence electrons. The third-order valence-electron chi connectivity index (χ3n) is 4.69. The van der Waals surface area contributed by atoms with Crippen LogP contribution in [0.3, 0.4) is 0 Å². The van der Waals surface area contributed by atoms with Crippen LogP contribution in [0.1, 0.15) is 51.2 Å². The molecule has 2 amide bonds. The van der Waals surface area contributed by atoms with Gasteiger partial charge in [-0.15, -0.1) is 0 Å². The number of imide groups is 1. The minimum Gasteiger partial charge on any atom is -0.459 e. The molecule has 0 aliphatic heterocycles. The SMILES string of the molecule is CC(C)(C)OC(=O)N(C(=O)OCc1ccccc1)[C@@H](CCCCO)C(=O)OCc1ccccc1. The second-order valence-electron chi connectivity index (χ2n) is 8.72. The number of carbonyl (C=O) groups is 3.